The molecule has 4 heteroatoms. The maximum atomic E-state index is 9.51. The van der Waals surface area contributed by atoms with Crippen LogP contribution in [0.15, 0.2) is 43.5 Å². The highest BCUT2D eigenvalue weighted by Crippen LogP contribution is 2.32. The molecule has 0 bridgehead atoms. The van der Waals surface area contributed by atoms with E-state index in [0.29, 0.717) is 31.2 Å². The van der Waals surface area contributed by atoms with Crippen LogP contribution in [0.4, 0.5) is 0 Å². The van der Waals surface area contributed by atoms with Gasteiger partial charge >= 0.3 is 0 Å². The zero-order valence-corrected chi connectivity index (χ0v) is 12.7. The van der Waals surface area contributed by atoms with Gasteiger partial charge < -0.3 is 9.47 Å². The molecule has 0 N–H and O–H groups in total. The monoisotopic (exact) mass is 286 g/mol. The normalized spacial score (nSPS) is 11.5. The summed E-state index contributed by atoms with van der Waals surface area (Å²) in [5.74, 6) is 1.31. The number of nitriles is 1. The third kappa shape index (κ3) is 4.37. The van der Waals surface area contributed by atoms with Crippen molar-refractivity contribution in [2.45, 2.75) is 13.0 Å². The predicted molar refractivity (Wildman–Crippen MR) is 84.5 cm³/mol. The minimum atomic E-state index is -0.384. The van der Waals surface area contributed by atoms with Crippen LogP contribution in [0.1, 0.15) is 18.5 Å². The Kier molecular flexibility index (Phi) is 7.06. The van der Waals surface area contributed by atoms with Gasteiger partial charge in [-0.25, -0.2) is 0 Å². The fraction of sp³-hybridized carbons (Fsp3) is 0.353. The first-order chi connectivity index (χ1) is 10.2. The van der Waals surface area contributed by atoms with Gasteiger partial charge in [0.2, 0.25) is 0 Å². The van der Waals surface area contributed by atoms with E-state index in [1.807, 2.05) is 30.0 Å². The van der Waals surface area contributed by atoms with Crippen LogP contribution in [-0.2, 0) is 0 Å². The number of rotatable bonds is 9. The van der Waals surface area contributed by atoms with Crippen LogP contribution in [0.25, 0.3) is 0 Å². The second-order valence-electron chi connectivity index (χ2n) is 4.41. The van der Waals surface area contributed by atoms with Gasteiger partial charge in [-0.05, 0) is 24.6 Å². The van der Waals surface area contributed by atoms with E-state index in [2.05, 4.69) is 19.2 Å². The second kappa shape index (κ2) is 8.83. The molecular formula is C17H22N2O2. The first kappa shape index (κ1) is 16.8. The summed E-state index contributed by atoms with van der Waals surface area (Å²) < 4.78 is 10.8. The quantitative estimate of drug-likeness (QED) is 0.653. The fourth-order valence-electron chi connectivity index (χ4n) is 2.11. The van der Waals surface area contributed by atoms with E-state index in [4.69, 9.17) is 9.47 Å². The summed E-state index contributed by atoms with van der Waals surface area (Å²) in [7, 11) is 1.59. The van der Waals surface area contributed by atoms with E-state index in [-0.39, 0.29) is 6.04 Å². The molecule has 4 nitrogen and oxygen atoms in total. The number of benzene rings is 1. The number of ether oxygens (including phenoxy) is 2. The van der Waals surface area contributed by atoms with Gasteiger partial charge in [0.15, 0.2) is 11.5 Å². The maximum Gasteiger partial charge on any atom is 0.161 e. The second-order valence-corrected chi connectivity index (χ2v) is 4.41. The Morgan fingerprint density at radius 2 is 1.95 bits per heavy atom. The van der Waals surface area contributed by atoms with Gasteiger partial charge in [-0.2, -0.15) is 5.26 Å². The van der Waals surface area contributed by atoms with E-state index in [1.165, 1.54) is 0 Å². The first-order valence-electron chi connectivity index (χ1n) is 6.87. The van der Waals surface area contributed by atoms with Crippen molar-refractivity contribution < 1.29 is 9.47 Å². The molecule has 1 aromatic rings. The zero-order chi connectivity index (χ0) is 15.7. The van der Waals surface area contributed by atoms with Crippen molar-refractivity contribution in [3.05, 3.63) is 49.1 Å². The van der Waals surface area contributed by atoms with Crippen molar-refractivity contribution in [3.8, 4) is 17.6 Å². The molecule has 0 saturated carbocycles. The van der Waals surface area contributed by atoms with E-state index < -0.39 is 0 Å². The predicted octanol–water partition coefficient (Wildman–Crippen LogP) is 3.33. The molecule has 112 valence electrons. The highest BCUT2D eigenvalue weighted by molar-refractivity contribution is 5.45. The molecule has 0 heterocycles. The van der Waals surface area contributed by atoms with Gasteiger partial charge in [-0.1, -0.05) is 18.2 Å². The Bertz CT molecular complexity index is 510. The topological polar surface area (TPSA) is 45.5 Å². The van der Waals surface area contributed by atoms with Crippen LogP contribution < -0.4 is 9.47 Å². The first-order valence-corrected chi connectivity index (χ1v) is 6.87. The van der Waals surface area contributed by atoms with Crippen LogP contribution in [0.5, 0.6) is 11.5 Å². The van der Waals surface area contributed by atoms with Crippen molar-refractivity contribution in [2.75, 3.05) is 26.8 Å². The molecule has 0 amide bonds. The molecule has 21 heavy (non-hydrogen) atoms. The van der Waals surface area contributed by atoms with E-state index in [1.54, 1.807) is 19.3 Å². The van der Waals surface area contributed by atoms with Crippen molar-refractivity contribution in [1.29, 1.82) is 5.26 Å². The lowest BCUT2D eigenvalue weighted by atomic mass is 10.1. The Morgan fingerprint density at radius 1 is 1.29 bits per heavy atom. The number of hydrogen-bond donors (Lipinski definition) is 0. The van der Waals surface area contributed by atoms with Crippen LogP contribution in [0.2, 0.25) is 0 Å². The SMILES string of the molecule is C=CCN(CC=C)C(C#N)c1ccc(OCC)c(OC)c1. The number of hydrogen-bond acceptors (Lipinski definition) is 4. The maximum absolute atomic E-state index is 9.51. The molecule has 1 atom stereocenters. The average molecular weight is 286 g/mol. The standard InChI is InChI=1S/C17H22N2O2/c1-5-10-19(11-6-2)15(13-18)14-8-9-16(21-7-3)17(12-14)20-4/h5-6,8-9,12,15H,1-2,7,10-11H2,3-4H3. The third-order valence-corrected chi connectivity index (χ3v) is 3.02. The summed E-state index contributed by atoms with van der Waals surface area (Å²) in [6, 6.07) is 7.51. The number of nitrogens with zero attached hydrogens (tertiary/aromatic N) is 2. The summed E-state index contributed by atoms with van der Waals surface area (Å²) >= 11 is 0. The van der Waals surface area contributed by atoms with Crippen molar-refractivity contribution in [2.24, 2.45) is 0 Å². The molecule has 1 aromatic carbocycles. The Morgan fingerprint density at radius 3 is 2.43 bits per heavy atom. The molecule has 0 aromatic heterocycles. The molecule has 1 rings (SSSR count). The number of methoxy groups -OCH3 is 1. The minimum Gasteiger partial charge on any atom is -0.493 e. The minimum absolute atomic E-state index is 0.384. The lowest BCUT2D eigenvalue weighted by Gasteiger charge is -2.25. The molecule has 0 aliphatic rings. The lowest BCUT2D eigenvalue weighted by Crippen LogP contribution is -2.28. The Balaban J connectivity index is 3.12. The van der Waals surface area contributed by atoms with Crippen molar-refractivity contribution >= 4 is 0 Å². The third-order valence-electron chi connectivity index (χ3n) is 3.02. The van der Waals surface area contributed by atoms with Crippen LogP contribution in [0.3, 0.4) is 0 Å². The van der Waals surface area contributed by atoms with Gasteiger partial charge in [0.25, 0.3) is 0 Å². The summed E-state index contributed by atoms with van der Waals surface area (Å²) in [4.78, 5) is 1.98. The van der Waals surface area contributed by atoms with Gasteiger partial charge in [0.05, 0.1) is 19.8 Å². The summed E-state index contributed by atoms with van der Waals surface area (Å²) in [5, 5.41) is 9.51. The molecule has 0 radical (unpaired) electrons. The Labute approximate surface area is 126 Å². The molecule has 0 aliphatic carbocycles. The summed E-state index contributed by atoms with van der Waals surface area (Å²) in [5.41, 5.74) is 0.863. The molecular weight excluding hydrogens is 264 g/mol. The Hall–Kier alpha value is -2.25. The van der Waals surface area contributed by atoms with Crippen molar-refractivity contribution in [3.63, 3.8) is 0 Å². The van der Waals surface area contributed by atoms with Crippen LogP contribution in [0, 0.1) is 11.3 Å². The van der Waals surface area contributed by atoms with Crippen molar-refractivity contribution in [1.82, 2.24) is 4.90 Å². The fourth-order valence-corrected chi connectivity index (χ4v) is 2.11. The zero-order valence-electron chi connectivity index (χ0n) is 12.7. The smallest absolute Gasteiger partial charge is 0.161 e. The summed E-state index contributed by atoms with van der Waals surface area (Å²) in [6.07, 6.45) is 3.55. The van der Waals surface area contributed by atoms with Gasteiger partial charge in [-0.15, -0.1) is 13.2 Å². The molecule has 0 saturated heterocycles. The van der Waals surface area contributed by atoms with E-state index in [9.17, 15) is 5.26 Å². The van der Waals surface area contributed by atoms with Gasteiger partial charge in [0, 0.05) is 13.1 Å². The van der Waals surface area contributed by atoms with Crippen LogP contribution in [-0.4, -0.2) is 31.7 Å². The van der Waals surface area contributed by atoms with Gasteiger partial charge in [0.1, 0.15) is 6.04 Å². The molecule has 0 spiro atoms. The largest absolute Gasteiger partial charge is 0.493 e. The average Bonchev–Trinajstić information content (AvgIpc) is 2.50. The summed E-state index contributed by atoms with van der Waals surface area (Å²) in [6.45, 7) is 11.2. The van der Waals surface area contributed by atoms with E-state index >= 15 is 0 Å². The molecule has 0 aliphatic heterocycles. The van der Waals surface area contributed by atoms with E-state index in [0.717, 1.165) is 5.56 Å². The lowest BCUT2D eigenvalue weighted by molar-refractivity contribution is 0.287. The highest BCUT2D eigenvalue weighted by Gasteiger charge is 2.19. The highest BCUT2D eigenvalue weighted by atomic mass is 16.5. The van der Waals surface area contributed by atoms with Crippen LogP contribution >= 0.6 is 0 Å². The molecule has 1 unspecified atom stereocenters. The molecule has 0 fully saturated rings. The van der Waals surface area contributed by atoms with Gasteiger partial charge in [-0.3, -0.25) is 4.90 Å².